The Bertz CT molecular complexity index is 623. The maximum absolute atomic E-state index is 11.8. The molecule has 0 radical (unpaired) electrons. The largest absolute Gasteiger partial charge is 0.495 e. The minimum Gasteiger partial charge on any atom is -0.495 e. The van der Waals surface area contributed by atoms with Gasteiger partial charge in [-0.15, -0.1) is 0 Å². The van der Waals surface area contributed by atoms with Crippen LogP contribution < -0.4 is 15.5 Å². The molecule has 2 amide bonds. The van der Waals surface area contributed by atoms with Gasteiger partial charge in [0.1, 0.15) is 5.75 Å². The number of methoxy groups -OCH3 is 1. The molecule has 0 bridgehead atoms. The van der Waals surface area contributed by atoms with Crippen LogP contribution in [0, 0.1) is 0 Å². The van der Waals surface area contributed by atoms with E-state index in [1.165, 1.54) is 13.2 Å². The highest BCUT2D eigenvalue weighted by Gasteiger charge is 2.16. The number of nitrogens with one attached hydrogen (secondary N) is 2. The van der Waals surface area contributed by atoms with Crippen molar-refractivity contribution < 1.29 is 14.3 Å². The fourth-order valence-electron chi connectivity index (χ4n) is 2.10. The molecule has 0 spiro atoms. The summed E-state index contributed by atoms with van der Waals surface area (Å²) in [4.78, 5) is 25.8. The maximum Gasteiger partial charge on any atom is 0.329 e. The monoisotopic (exact) mass is 338 g/mol. The molecule has 1 fully saturated rings. The van der Waals surface area contributed by atoms with Crippen LogP contribution in [0.5, 0.6) is 5.75 Å². The topological polar surface area (TPSA) is 83.0 Å². The Morgan fingerprint density at radius 1 is 1.26 bits per heavy atom. The van der Waals surface area contributed by atoms with Gasteiger partial charge in [0.05, 0.1) is 12.1 Å². The Morgan fingerprint density at radius 3 is 2.57 bits per heavy atom. The van der Waals surface area contributed by atoms with Crippen LogP contribution in [-0.4, -0.2) is 49.7 Å². The lowest BCUT2D eigenvalue weighted by molar-refractivity contribution is -0.136. The molecule has 1 aromatic carbocycles. The number of hydrogen-bond acceptors (Lipinski definition) is 5. The molecule has 0 atom stereocenters. The van der Waals surface area contributed by atoms with E-state index in [1.807, 2.05) is 7.05 Å². The van der Waals surface area contributed by atoms with Crippen LogP contribution in [0.3, 0.4) is 0 Å². The molecule has 0 aliphatic carbocycles. The second-order valence-electron chi connectivity index (χ2n) is 5.23. The molecule has 1 heterocycles. The quantitative estimate of drug-likeness (QED) is 0.646. The Kier molecular flexibility index (Phi) is 5.95. The molecule has 2 N–H and O–H groups in total. The van der Waals surface area contributed by atoms with E-state index in [0.717, 1.165) is 31.6 Å². The smallest absolute Gasteiger partial charge is 0.329 e. The zero-order chi connectivity index (χ0) is 16.8. The lowest BCUT2D eigenvalue weighted by Crippen LogP contribution is -2.35. The minimum absolute atomic E-state index is 0.345. The van der Waals surface area contributed by atoms with Gasteiger partial charge in [0.15, 0.2) is 0 Å². The number of amides is 2. The van der Waals surface area contributed by atoms with Crippen LogP contribution in [0.1, 0.15) is 12.8 Å². The summed E-state index contributed by atoms with van der Waals surface area (Å²) < 4.78 is 5.02. The van der Waals surface area contributed by atoms with Gasteiger partial charge in [0.25, 0.3) is 0 Å². The number of carbonyl (C=O) groups is 2. The van der Waals surface area contributed by atoms with Gasteiger partial charge in [-0.05, 0) is 25.2 Å². The molecule has 1 aliphatic heterocycles. The van der Waals surface area contributed by atoms with Gasteiger partial charge in [-0.25, -0.2) is 5.43 Å². The fourth-order valence-corrected chi connectivity index (χ4v) is 2.36. The van der Waals surface area contributed by atoms with Gasteiger partial charge in [-0.1, -0.05) is 11.6 Å². The number of benzene rings is 1. The predicted octanol–water partition coefficient (Wildman–Crippen LogP) is 1.48. The van der Waals surface area contributed by atoms with E-state index in [-0.39, 0.29) is 0 Å². The van der Waals surface area contributed by atoms with Gasteiger partial charge < -0.3 is 15.0 Å². The van der Waals surface area contributed by atoms with Crippen LogP contribution >= 0.6 is 11.6 Å². The first kappa shape index (κ1) is 17.2. The standard InChI is InChI=1S/C15H19ClN4O3/c1-20-7-5-10(6-8-20)18-19-15(22)14(21)17-11-3-4-13(23-2)12(16)9-11/h3-4,9H,5-8H2,1-2H3,(H,17,21)(H,19,22). The van der Waals surface area contributed by atoms with Crippen molar-refractivity contribution >= 4 is 34.8 Å². The first-order valence-corrected chi connectivity index (χ1v) is 7.56. The highest BCUT2D eigenvalue weighted by Crippen LogP contribution is 2.27. The molecule has 23 heavy (non-hydrogen) atoms. The zero-order valence-corrected chi connectivity index (χ0v) is 13.8. The third kappa shape index (κ3) is 4.94. The third-order valence-corrected chi connectivity index (χ3v) is 3.79. The van der Waals surface area contributed by atoms with Crippen LogP contribution in [0.2, 0.25) is 5.02 Å². The molecular formula is C15H19ClN4O3. The Hall–Kier alpha value is -2.12. The van der Waals surface area contributed by atoms with Crippen molar-refractivity contribution in [2.75, 3.05) is 32.6 Å². The number of anilines is 1. The van der Waals surface area contributed by atoms with E-state index in [1.54, 1.807) is 12.1 Å². The summed E-state index contributed by atoms with van der Waals surface area (Å²) in [5.41, 5.74) is 3.58. The second kappa shape index (κ2) is 7.94. The molecule has 1 aliphatic rings. The first-order chi connectivity index (χ1) is 11.0. The van der Waals surface area contributed by atoms with Crippen LogP contribution in [0.15, 0.2) is 23.3 Å². The molecule has 1 saturated heterocycles. The van der Waals surface area contributed by atoms with Crippen molar-refractivity contribution in [1.82, 2.24) is 10.3 Å². The summed E-state index contributed by atoms with van der Waals surface area (Å²) in [7, 11) is 3.53. The minimum atomic E-state index is -0.816. The van der Waals surface area contributed by atoms with Crippen LogP contribution in [0.25, 0.3) is 0 Å². The number of rotatable bonds is 3. The third-order valence-electron chi connectivity index (χ3n) is 3.50. The predicted molar refractivity (Wildman–Crippen MR) is 88.9 cm³/mol. The summed E-state index contributed by atoms with van der Waals surface area (Å²) in [6.07, 6.45) is 1.57. The van der Waals surface area contributed by atoms with E-state index in [9.17, 15) is 9.59 Å². The van der Waals surface area contributed by atoms with Crippen molar-refractivity contribution in [3.63, 3.8) is 0 Å². The lowest BCUT2D eigenvalue weighted by atomic mass is 10.1. The fraction of sp³-hybridized carbons (Fsp3) is 0.400. The van der Waals surface area contributed by atoms with Gasteiger partial charge in [0.2, 0.25) is 0 Å². The van der Waals surface area contributed by atoms with Crippen LogP contribution in [0.4, 0.5) is 5.69 Å². The number of nitrogens with zero attached hydrogens (tertiary/aromatic N) is 2. The normalized spacial score (nSPS) is 15.0. The van der Waals surface area contributed by atoms with Gasteiger partial charge in [-0.3, -0.25) is 9.59 Å². The number of piperidine rings is 1. The van der Waals surface area contributed by atoms with E-state index in [4.69, 9.17) is 16.3 Å². The molecule has 7 nitrogen and oxygen atoms in total. The van der Waals surface area contributed by atoms with E-state index >= 15 is 0 Å². The number of hydrazone groups is 1. The molecule has 0 aromatic heterocycles. The zero-order valence-electron chi connectivity index (χ0n) is 13.1. The Balaban J connectivity index is 1.89. The molecule has 0 unspecified atom stereocenters. The summed E-state index contributed by atoms with van der Waals surface area (Å²) in [6.45, 7) is 1.79. The lowest BCUT2D eigenvalue weighted by Gasteiger charge is -2.22. The molecule has 0 saturated carbocycles. The summed E-state index contributed by atoms with van der Waals surface area (Å²) >= 11 is 5.96. The summed E-state index contributed by atoms with van der Waals surface area (Å²) in [5, 5.41) is 6.81. The van der Waals surface area contributed by atoms with Crippen molar-refractivity contribution in [1.29, 1.82) is 0 Å². The van der Waals surface area contributed by atoms with Gasteiger partial charge in [0, 0.05) is 37.3 Å². The number of hydrogen-bond donors (Lipinski definition) is 2. The van der Waals surface area contributed by atoms with Crippen molar-refractivity contribution in [3.05, 3.63) is 23.2 Å². The van der Waals surface area contributed by atoms with E-state index in [0.29, 0.717) is 16.5 Å². The maximum atomic E-state index is 11.8. The van der Waals surface area contributed by atoms with Gasteiger partial charge in [-0.2, -0.15) is 5.10 Å². The number of likely N-dealkylation sites (tertiary alicyclic amines) is 1. The van der Waals surface area contributed by atoms with Crippen molar-refractivity contribution in [2.24, 2.45) is 5.10 Å². The molecule has 2 rings (SSSR count). The average Bonchev–Trinajstić information content (AvgIpc) is 2.54. The van der Waals surface area contributed by atoms with E-state index < -0.39 is 11.8 Å². The molecule has 8 heteroatoms. The molecule has 124 valence electrons. The molecule has 1 aromatic rings. The average molecular weight is 339 g/mol. The highest BCUT2D eigenvalue weighted by atomic mass is 35.5. The first-order valence-electron chi connectivity index (χ1n) is 7.18. The van der Waals surface area contributed by atoms with Crippen LogP contribution in [-0.2, 0) is 9.59 Å². The number of halogens is 1. The summed E-state index contributed by atoms with van der Waals surface area (Å²) in [5.74, 6) is -1.13. The molecular weight excluding hydrogens is 320 g/mol. The highest BCUT2D eigenvalue weighted by molar-refractivity contribution is 6.40. The number of carbonyl (C=O) groups excluding carboxylic acids is 2. The van der Waals surface area contributed by atoms with E-state index in [2.05, 4.69) is 20.7 Å². The van der Waals surface area contributed by atoms with Gasteiger partial charge >= 0.3 is 11.8 Å². The van der Waals surface area contributed by atoms with Crippen molar-refractivity contribution in [2.45, 2.75) is 12.8 Å². The Labute approximate surface area is 139 Å². The second-order valence-corrected chi connectivity index (χ2v) is 5.63. The number of ether oxygens (including phenoxy) is 1. The SMILES string of the molecule is COc1ccc(NC(=O)C(=O)NN=C2CCN(C)CC2)cc1Cl. The van der Waals surface area contributed by atoms with Crippen molar-refractivity contribution in [3.8, 4) is 5.75 Å². The summed E-state index contributed by atoms with van der Waals surface area (Å²) in [6, 6.07) is 4.71. The Morgan fingerprint density at radius 2 is 1.96 bits per heavy atom.